The first-order valence-electron chi connectivity index (χ1n) is 6.20. The van der Waals surface area contributed by atoms with E-state index in [-0.39, 0.29) is 21.9 Å². The lowest BCUT2D eigenvalue weighted by atomic mass is 9.78. The van der Waals surface area contributed by atoms with Crippen LogP contribution < -0.4 is 10.1 Å². The second kappa shape index (κ2) is 5.26. The van der Waals surface area contributed by atoms with Crippen molar-refractivity contribution in [1.82, 2.24) is 5.32 Å². The fourth-order valence-electron chi connectivity index (χ4n) is 2.19. The Balaban J connectivity index is 2.35. The van der Waals surface area contributed by atoms with Gasteiger partial charge in [-0.3, -0.25) is 4.79 Å². The molecule has 5 nitrogen and oxygen atoms in total. The van der Waals surface area contributed by atoms with Crippen molar-refractivity contribution in [2.75, 3.05) is 7.11 Å². The van der Waals surface area contributed by atoms with Crippen LogP contribution in [0.1, 0.15) is 36.5 Å². The van der Waals surface area contributed by atoms with Gasteiger partial charge in [0.15, 0.2) is 0 Å². The highest BCUT2D eigenvalue weighted by Crippen LogP contribution is 2.32. The van der Waals surface area contributed by atoms with Crippen LogP contribution in [0.3, 0.4) is 0 Å². The molecule has 0 spiro atoms. The Morgan fingerprint density at radius 3 is 2.50 bits per heavy atom. The fourth-order valence-corrected chi connectivity index (χ4v) is 2.97. The minimum Gasteiger partial charge on any atom is -0.496 e. The number of halogens is 1. The molecule has 0 aromatic heterocycles. The largest absolute Gasteiger partial charge is 0.496 e. The number of hydrogen-bond donors (Lipinski definition) is 1. The maximum absolute atomic E-state index is 12.3. The summed E-state index contributed by atoms with van der Waals surface area (Å²) in [5.74, 6) is -0.0410. The van der Waals surface area contributed by atoms with Gasteiger partial charge in [0.2, 0.25) is 0 Å². The predicted molar refractivity (Wildman–Crippen MR) is 75.8 cm³/mol. The lowest BCUT2D eigenvalue weighted by Gasteiger charge is -2.39. The summed E-state index contributed by atoms with van der Waals surface area (Å²) in [6.07, 6.45) is 2.90. The van der Waals surface area contributed by atoms with Gasteiger partial charge < -0.3 is 10.1 Å². The molecule has 1 aromatic carbocycles. The SMILES string of the molecule is COc1ccc(S(=O)(=O)Cl)cc1C(=O)NC1(C)CCC1. The summed E-state index contributed by atoms with van der Waals surface area (Å²) < 4.78 is 27.8. The van der Waals surface area contributed by atoms with Gasteiger partial charge >= 0.3 is 0 Å². The van der Waals surface area contributed by atoms with E-state index in [9.17, 15) is 13.2 Å². The number of ether oxygens (including phenoxy) is 1. The second-order valence-corrected chi connectivity index (χ2v) is 7.73. The molecule has 1 N–H and O–H groups in total. The van der Waals surface area contributed by atoms with E-state index in [1.807, 2.05) is 6.92 Å². The van der Waals surface area contributed by atoms with Crippen molar-refractivity contribution in [1.29, 1.82) is 0 Å². The second-order valence-electron chi connectivity index (χ2n) is 5.17. The number of hydrogen-bond acceptors (Lipinski definition) is 4. The van der Waals surface area contributed by atoms with Gasteiger partial charge in [-0.25, -0.2) is 8.42 Å². The molecule has 0 bridgehead atoms. The van der Waals surface area contributed by atoms with E-state index in [0.29, 0.717) is 5.75 Å². The minimum absolute atomic E-state index is 0.121. The number of methoxy groups -OCH3 is 1. The summed E-state index contributed by atoms with van der Waals surface area (Å²) in [4.78, 5) is 12.2. The molecule has 7 heteroatoms. The van der Waals surface area contributed by atoms with Crippen LogP contribution >= 0.6 is 10.7 Å². The van der Waals surface area contributed by atoms with Crippen molar-refractivity contribution in [3.8, 4) is 5.75 Å². The average molecular weight is 318 g/mol. The van der Waals surface area contributed by atoms with Gasteiger partial charge in [-0.2, -0.15) is 0 Å². The Labute approximate surface area is 122 Å². The van der Waals surface area contributed by atoms with Gasteiger partial charge in [0, 0.05) is 16.2 Å². The Morgan fingerprint density at radius 2 is 2.05 bits per heavy atom. The van der Waals surface area contributed by atoms with E-state index in [0.717, 1.165) is 19.3 Å². The number of carbonyl (C=O) groups excluding carboxylic acids is 1. The summed E-state index contributed by atoms with van der Waals surface area (Å²) in [7, 11) is 2.84. The maximum Gasteiger partial charge on any atom is 0.261 e. The van der Waals surface area contributed by atoms with Gasteiger partial charge in [-0.1, -0.05) is 0 Å². The number of carbonyl (C=O) groups is 1. The fraction of sp³-hybridized carbons (Fsp3) is 0.462. The van der Waals surface area contributed by atoms with Crippen molar-refractivity contribution in [3.63, 3.8) is 0 Å². The molecule has 110 valence electrons. The molecule has 1 aromatic rings. The molecule has 20 heavy (non-hydrogen) atoms. The normalized spacial score (nSPS) is 17.1. The third-order valence-corrected chi connectivity index (χ3v) is 4.92. The quantitative estimate of drug-likeness (QED) is 0.865. The number of rotatable bonds is 4. The van der Waals surface area contributed by atoms with E-state index >= 15 is 0 Å². The van der Waals surface area contributed by atoms with Crippen molar-refractivity contribution in [2.24, 2.45) is 0 Å². The van der Waals surface area contributed by atoms with Crippen molar-refractivity contribution in [3.05, 3.63) is 23.8 Å². The van der Waals surface area contributed by atoms with E-state index in [4.69, 9.17) is 15.4 Å². The summed E-state index contributed by atoms with van der Waals surface area (Å²) in [5.41, 5.74) is -0.0554. The van der Waals surface area contributed by atoms with Crippen LogP contribution in [0.5, 0.6) is 5.75 Å². The molecular weight excluding hydrogens is 302 g/mol. The smallest absolute Gasteiger partial charge is 0.261 e. The molecule has 0 aliphatic heterocycles. The van der Waals surface area contributed by atoms with Crippen LogP contribution in [0.15, 0.2) is 23.1 Å². The minimum atomic E-state index is -3.88. The van der Waals surface area contributed by atoms with Gasteiger partial charge in [0.25, 0.3) is 15.0 Å². The van der Waals surface area contributed by atoms with Gasteiger partial charge in [0.1, 0.15) is 5.75 Å². The Kier molecular flexibility index (Phi) is 3.97. The van der Waals surface area contributed by atoms with E-state index in [1.54, 1.807) is 0 Å². The molecule has 0 heterocycles. The molecule has 2 rings (SSSR count). The molecule has 1 saturated carbocycles. The summed E-state index contributed by atoms with van der Waals surface area (Å²) >= 11 is 0. The van der Waals surface area contributed by atoms with Crippen LogP contribution in [0.4, 0.5) is 0 Å². The van der Waals surface area contributed by atoms with Gasteiger partial charge in [-0.15, -0.1) is 0 Å². The van der Waals surface area contributed by atoms with Crippen LogP contribution in [-0.2, 0) is 9.05 Å². The summed E-state index contributed by atoms with van der Waals surface area (Å²) in [6.45, 7) is 1.96. The first-order chi connectivity index (χ1) is 9.25. The van der Waals surface area contributed by atoms with E-state index in [1.165, 1.54) is 25.3 Å². The molecule has 1 aliphatic carbocycles. The highest BCUT2D eigenvalue weighted by molar-refractivity contribution is 8.13. The third-order valence-electron chi connectivity index (χ3n) is 3.57. The highest BCUT2D eigenvalue weighted by Gasteiger charge is 2.34. The molecular formula is C13H16ClNO4S. The number of nitrogens with one attached hydrogen (secondary N) is 1. The molecule has 1 amide bonds. The Hall–Kier alpha value is -1.27. The zero-order valence-electron chi connectivity index (χ0n) is 11.3. The predicted octanol–water partition coefficient (Wildman–Crippen LogP) is 2.30. The highest BCUT2D eigenvalue weighted by atomic mass is 35.7. The topological polar surface area (TPSA) is 72.5 Å². The Bertz CT molecular complexity index is 638. The molecule has 1 fully saturated rings. The van der Waals surface area contributed by atoms with Crippen LogP contribution in [0, 0.1) is 0 Å². The average Bonchev–Trinajstić information content (AvgIpc) is 2.34. The van der Waals surface area contributed by atoms with Crippen LogP contribution in [-0.4, -0.2) is 27.0 Å². The first-order valence-corrected chi connectivity index (χ1v) is 8.51. The van der Waals surface area contributed by atoms with Crippen LogP contribution in [0.2, 0.25) is 0 Å². The summed E-state index contributed by atoms with van der Waals surface area (Å²) in [6, 6.07) is 3.97. The first kappa shape index (κ1) is 15.1. The number of amides is 1. The zero-order chi connectivity index (χ0) is 15.0. The zero-order valence-corrected chi connectivity index (χ0v) is 12.8. The Morgan fingerprint density at radius 1 is 1.40 bits per heavy atom. The maximum atomic E-state index is 12.3. The molecule has 0 atom stereocenters. The monoisotopic (exact) mass is 317 g/mol. The van der Waals surface area contributed by atoms with Crippen molar-refractivity contribution >= 4 is 25.6 Å². The molecule has 1 aliphatic rings. The molecule has 0 saturated heterocycles. The van der Waals surface area contributed by atoms with Gasteiger partial charge in [0.05, 0.1) is 17.6 Å². The van der Waals surface area contributed by atoms with E-state index in [2.05, 4.69) is 5.32 Å². The lowest BCUT2D eigenvalue weighted by Crippen LogP contribution is -2.51. The molecule has 0 unspecified atom stereocenters. The van der Waals surface area contributed by atoms with Gasteiger partial charge in [-0.05, 0) is 44.4 Å². The lowest BCUT2D eigenvalue weighted by molar-refractivity contribution is 0.0847. The summed E-state index contributed by atoms with van der Waals surface area (Å²) in [5, 5.41) is 2.91. The third kappa shape index (κ3) is 3.07. The standard InChI is InChI=1S/C13H16ClNO4S/c1-13(6-3-7-13)15-12(16)10-8-9(20(14,17)18)4-5-11(10)19-2/h4-5,8H,3,6-7H2,1-2H3,(H,15,16). The van der Waals surface area contributed by atoms with Crippen molar-refractivity contribution in [2.45, 2.75) is 36.6 Å². The number of benzene rings is 1. The van der Waals surface area contributed by atoms with Crippen LogP contribution in [0.25, 0.3) is 0 Å². The van der Waals surface area contributed by atoms with E-state index < -0.39 is 9.05 Å². The molecule has 0 radical (unpaired) electrons. The van der Waals surface area contributed by atoms with Crippen molar-refractivity contribution < 1.29 is 17.9 Å².